The Bertz CT molecular complexity index is 996. The van der Waals surface area contributed by atoms with Gasteiger partial charge in [-0.1, -0.05) is 19.9 Å². The van der Waals surface area contributed by atoms with Crippen molar-refractivity contribution in [3.8, 4) is 5.75 Å². The van der Waals surface area contributed by atoms with Crippen molar-refractivity contribution in [3.05, 3.63) is 53.1 Å². The third-order valence-corrected chi connectivity index (χ3v) is 7.53. The van der Waals surface area contributed by atoms with Crippen molar-refractivity contribution in [3.63, 3.8) is 0 Å². The molecule has 29 heavy (non-hydrogen) atoms. The van der Waals surface area contributed by atoms with Gasteiger partial charge in [-0.25, -0.2) is 8.42 Å². The van der Waals surface area contributed by atoms with Crippen molar-refractivity contribution in [2.45, 2.75) is 38.5 Å². The van der Waals surface area contributed by atoms with Crippen LogP contribution >= 0.6 is 0 Å². The highest BCUT2D eigenvalue weighted by molar-refractivity contribution is 7.89. The summed E-state index contributed by atoms with van der Waals surface area (Å²) in [5.74, 6) is 0.529. The number of sulfonamides is 1. The summed E-state index contributed by atoms with van der Waals surface area (Å²) >= 11 is 0. The molecule has 1 heterocycles. The highest BCUT2D eigenvalue weighted by Crippen LogP contribution is 2.39. The molecule has 0 fully saturated rings. The zero-order chi connectivity index (χ0) is 21.2. The van der Waals surface area contributed by atoms with Crippen molar-refractivity contribution >= 4 is 21.6 Å². The molecule has 7 heteroatoms. The Morgan fingerprint density at radius 1 is 1.10 bits per heavy atom. The molecule has 2 aromatic carbocycles. The zero-order valence-corrected chi connectivity index (χ0v) is 18.3. The molecule has 6 nitrogen and oxygen atoms in total. The number of hydrogen-bond acceptors (Lipinski definition) is 4. The van der Waals surface area contributed by atoms with Gasteiger partial charge in [-0.3, -0.25) is 4.79 Å². The van der Waals surface area contributed by atoms with E-state index < -0.39 is 10.0 Å². The Balaban J connectivity index is 1.95. The van der Waals surface area contributed by atoms with Gasteiger partial charge in [-0.15, -0.1) is 0 Å². The number of amides is 1. The van der Waals surface area contributed by atoms with Gasteiger partial charge >= 0.3 is 0 Å². The van der Waals surface area contributed by atoms with Crippen LogP contribution in [0.3, 0.4) is 0 Å². The smallest absolute Gasteiger partial charge is 0.258 e. The van der Waals surface area contributed by atoms with Gasteiger partial charge in [0.15, 0.2) is 0 Å². The van der Waals surface area contributed by atoms with Gasteiger partial charge in [-0.05, 0) is 61.2 Å². The second-order valence-electron chi connectivity index (χ2n) is 7.09. The first-order chi connectivity index (χ1) is 13.8. The van der Waals surface area contributed by atoms with Crippen LogP contribution in [0.15, 0.2) is 41.3 Å². The van der Waals surface area contributed by atoms with Gasteiger partial charge < -0.3 is 9.64 Å². The summed E-state index contributed by atoms with van der Waals surface area (Å²) < 4.78 is 32.3. The van der Waals surface area contributed by atoms with Crippen LogP contribution in [0.1, 0.15) is 41.8 Å². The molecule has 0 radical (unpaired) electrons. The average molecular weight is 417 g/mol. The van der Waals surface area contributed by atoms with E-state index >= 15 is 0 Å². The van der Waals surface area contributed by atoms with E-state index in [2.05, 4.69) is 0 Å². The van der Waals surface area contributed by atoms with Crippen molar-refractivity contribution in [2.75, 3.05) is 31.6 Å². The maximum Gasteiger partial charge on any atom is 0.258 e. The highest BCUT2D eigenvalue weighted by atomic mass is 32.2. The Hall–Kier alpha value is -2.38. The number of rotatable bonds is 6. The van der Waals surface area contributed by atoms with Gasteiger partial charge in [-0.2, -0.15) is 4.31 Å². The Morgan fingerprint density at radius 2 is 1.76 bits per heavy atom. The van der Waals surface area contributed by atoms with E-state index in [0.717, 1.165) is 29.7 Å². The third-order valence-electron chi connectivity index (χ3n) is 5.47. The average Bonchev–Trinajstić information content (AvgIpc) is 2.74. The minimum atomic E-state index is -3.55. The highest BCUT2D eigenvalue weighted by Gasteiger charge is 2.28. The van der Waals surface area contributed by atoms with Crippen LogP contribution in [0, 0.1) is 6.92 Å². The van der Waals surface area contributed by atoms with Crippen LogP contribution in [0.2, 0.25) is 0 Å². The zero-order valence-electron chi connectivity index (χ0n) is 17.4. The van der Waals surface area contributed by atoms with Crippen LogP contribution in [0.25, 0.3) is 0 Å². The van der Waals surface area contributed by atoms with Crippen LogP contribution in [0.4, 0.5) is 5.69 Å². The molecular formula is C22H28N2O4S. The fraction of sp³-hybridized carbons (Fsp3) is 0.409. The number of aryl methyl sites for hydroxylation is 1. The second kappa shape index (κ2) is 8.55. The van der Waals surface area contributed by atoms with E-state index in [1.54, 1.807) is 24.1 Å². The summed E-state index contributed by atoms with van der Waals surface area (Å²) in [5.41, 5.74) is 3.55. The number of benzene rings is 2. The van der Waals surface area contributed by atoms with Crippen molar-refractivity contribution in [1.29, 1.82) is 0 Å². The number of hydrogen-bond donors (Lipinski definition) is 0. The first-order valence-corrected chi connectivity index (χ1v) is 11.4. The van der Waals surface area contributed by atoms with Crippen LogP contribution in [0.5, 0.6) is 5.75 Å². The van der Waals surface area contributed by atoms with Gasteiger partial charge in [0.2, 0.25) is 10.0 Å². The second-order valence-corrected chi connectivity index (χ2v) is 9.02. The topological polar surface area (TPSA) is 66.9 Å². The number of nitrogens with zero attached hydrogens (tertiary/aromatic N) is 2. The maximum atomic E-state index is 13.3. The molecule has 0 aromatic heterocycles. The quantitative estimate of drug-likeness (QED) is 0.721. The molecule has 0 spiro atoms. The minimum absolute atomic E-state index is 0.151. The molecule has 1 amide bonds. The number of carbonyl (C=O) groups excluding carboxylic acids is 1. The molecule has 0 bridgehead atoms. The summed E-state index contributed by atoms with van der Waals surface area (Å²) in [6.07, 6.45) is 1.78. The lowest BCUT2D eigenvalue weighted by Crippen LogP contribution is -2.36. The SMILES string of the molecule is CCN(CC)S(=O)(=O)c1ccc(C(=O)N2CCCc3c(C)ccc(OC)c32)cc1. The van der Waals surface area contributed by atoms with E-state index in [-0.39, 0.29) is 10.8 Å². The Kier molecular flexibility index (Phi) is 6.29. The number of methoxy groups -OCH3 is 1. The molecular weight excluding hydrogens is 388 g/mol. The number of fused-ring (bicyclic) bond motifs is 1. The first kappa shape index (κ1) is 21.3. The van der Waals surface area contributed by atoms with Gasteiger partial charge in [0, 0.05) is 25.2 Å². The first-order valence-electron chi connectivity index (χ1n) is 9.93. The van der Waals surface area contributed by atoms with Gasteiger partial charge in [0.05, 0.1) is 17.7 Å². The third kappa shape index (κ3) is 3.89. The lowest BCUT2D eigenvalue weighted by atomic mass is 9.95. The normalized spacial score (nSPS) is 14.0. The molecule has 156 valence electrons. The maximum absolute atomic E-state index is 13.3. The fourth-order valence-electron chi connectivity index (χ4n) is 3.86. The fourth-order valence-corrected chi connectivity index (χ4v) is 5.32. The predicted molar refractivity (Wildman–Crippen MR) is 114 cm³/mol. The molecule has 2 aromatic rings. The summed E-state index contributed by atoms with van der Waals surface area (Å²) in [4.78, 5) is 15.2. The van der Waals surface area contributed by atoms with E-state index in [0.29, 0.717) is 30.9 Å². The standard InChI is InChI=1S/C22H28N2O4S/c1-5-23(6-2)29(26,27)18-12-10-17(11-13-18)22(25)24-15-7-8-19-16(3)9-14-20(28-4)21(19)24/h9-14H,5-8,15H2,1-4H3. The Morgan fingerprint density at radius 3 is 2.34 bits per heavy atom. The van der Waals surface area contributed by atoms with Crippen molar-refractivity contribution in [2.24, 2.45) is 0 Å². The minimum Gasteiger partial charge on any atom is -0.495 e. The molecule has 1 aliphatic heterocycles. The Labute approximate surface area is 173 Å². The number of anilines is 1. The molecule has 0 atom stereocenters. The lowest BCUT2D eigenvalue weighted by molar-refractivity contribution is 0.0984. The molecule has 0 N–H and O–H groups in total. The van der Waals surface area contributed by atoms with Gasteiger partial charge in [0.25, 0.3) is 5.91 Å². The van der Waals surface area contributed by atoms with E-state index in [4.69, 9.17) is 4.74 Å². The summed E-state index contributed by atoms with van der Waals surface area (Å²) in [6, 6.07) is 10.1. The molecule has 3 rings (SSSR count). The molecule has 1 aliphatic rings. The van der Waals surface area contributed by atoms with E-state index in [9.17, 15) is 13.2 Å². The monoisotopic (exact) mass is 416 g/mol. The van der Waals surface area contributed by atoms with Crippen LogP contribution in [-0.4, -0.2) is 45.4 Å². The molecule has 0 saturated heterocycles. The van der Waals surface area contributed by atoms with Crippen LogP contribution < -0.4 is 9.64 Å². The molecule has 0 unspecified atom stereocenters. The van der Waals surface area contributed by atoms with E-state index in [1.807, 2.05) is 32.9 Å². The summed E-state index contributed by atoms with van der Waals surface area (Å²) in [5, 5.41) is 0. The molecule has 0 saturated carbocycles. The summed E-state index contributed by atoms with van der Waals surface area (Å²) in [6.45, 7) is 7.07. The van der Waals surface area contributed by atoms with Crippen LogP contribution in [-0.2, 0) is 16.4 Å². The van der Waals surface area contributed by atoms with E-state index in [1.165, 1.54) is 16.4 Å². The van der Waals surface area contributed by atoms with Gasteiger partial charge in [0.1, 0.15) is 5.75 Å². The van der Waals surface area contributed by atoms with Crippen molar-refractivity contribution in [1.82, 2.24) is 4.31 Å². The number of ether oxygens (including phenoxy) is 1. The number of carbonyl (C=O) groups is 1. The lowest BCUT2D eigenvalue weighted by Gasteiger charge is -2.32. The molecule has 0 aliphatic carbocycles. The largest absolute Gasteiger partial charge is 0.495 e. The van der Waals surface area contributed by atoms with Crippen molar-refractivity contribution < 1.29 is 17.9 Å². The summed E-state index contributed by atoms with van der Waals surface area (Å²) in [7, 11) is -1.94. The predicted octanol–water partition coefficient (Wildman–Crippen LogP) is 3.63.